The van der Waals surface area contributed by atoms with Crippen LogP contribution in [0.3, 0.4) is 0 Å². The predicted molar refractivity (Wildman–Crippen MR) is 83.4 cm³/mol. The second kappa shape index (κ2) is 8.42. The Morgan fingerprint density at radius 2 is 2.05 bits per heavy atom. The SMILES string of the molecule is CCc1cccc(NC(=O)CN(CCC(=O)O)C(C)C)c1. The lowest BCUT2D eigenvalue weighted by Crippen LogP contribution is -2.39. The van der Waals surface area contributed by atoms with Gasteiger partial charge in [-0.25, -0.2) is 0 Å². The van der Waals surface area contributed by atoms with E-state index in [2.05, 4.69) is 12.2 Å². The molecule has 5 heteroatoms. The summed E-state index contributed by atoms with van der Waals surface area (Å²) in [4.78, 5) is 24.6. The van der Waals surface area contributed by atoms with Crippen LogP contribution in [0.25, 0.3) is 0 Å². The van der Waals surface area contributed by atoms with Gasteiger partial charge in [0, 0.05) is 18.3 Å². The predicted octanol–water partition coefficient (Wildman–Crippen LogP) is 2.37. The van der Waals surface area contributed by atoms with Crippen LogP contribution in [0.5, 0.6) is 0 Å². The maximum Gasteiger partial charge on any atom is 0.304 e. The number of carboxylic acids is 1. The second-order valence-electron chi connectivity index (χ2n) is 5.31. The van der Waals surface area contributed by atoms with E-state index in [9.17, 15) is 9.59 Å². The normalized spacial score (nSPS) is 10.9. The van der Waals surface area contributed by atoms with Crippen LogP contribution in [0.1, 0.15) is 32.8 Å². The van der Waals surface area contributed by atoms with Gasteiger partial charge in [-0.15, -0.1) is 0 Å². The van der Waals surface area contributed by atoms with E-state index in [0.717, 1.165) is 12.1 Å². The first kappa shape index (κ1) is 17.2. The molecule has 0 fully saturated rings. The lowest BCUT2D eigenvalue weighted by atomic mass is 10.1. The highest BCUT2D eigenvalue weighted by Crippen LogP contribution is 2.11. The van der Waals surface area contributed by atoms with Crippen LogP contribution in [-0.2, 0) is 16.0 Å². The number of carbonyl (C=O) groups excluding carboxylic acids is 1. The highest BCUT2D eigenvalue weighted by atomic mass is 16.4. The first-order chi connectivity index (χ1) is 9.92. The van der Waals surface area contributed by atoms with Gasteiger partial charge in [0.05, 0.1) is 13.0 Å². The van der Waals surface area contributed by atoms with Crippen molar-refractivity contribution in [2.75, 3.05) is 18.4 Å². The maximum atomic E-state index is 12.1. The van der Waals surface area contributed by atoms with E-state index in [1.807, 2.05) is 43.0 Å². The summed E-state index contributed by atoms with van der Waals surface area (Å²) in [5.74, 6) is -0.973. The Labute approximate surface area is 126 Å². The molecule has 0 aromatic heterocycles. The fraction of sp³-hybridized carbons (Fsp3) is 0.500. The minimum Gasteiger partial charge on any atom is -0.481 e. The fourth-order valence-electron chi connectivity index (χ4n) is 2.01. The molecule has 0 heterocycles. The Bertz CT molecular complexity index is 486. The van der Waals surface area contributed by atoms with Gasteiger partial charge in [0.1, 0.15) is 0 Å². The van der Waals surface area contributed by atoms with E-state index in [-0.39, 0.29) is 24.9 Å². The molecule has 0 spiro atoms. The van der Waals surface area contributed by atoms with Crippen molar-refractivity contribution in [2.24, 2.45) is 0 Å². The zero-order valence-electron chi connectivity index (χ0n) is 12.9. The molecule has 0 saturated heterocycles. The number of benzene rings is 1. The highest BCUT2D eigenvalue weighted by Gasteiger charge is 2.15. The molecule has 0 bridgehead atoms. The molecule has 0 unspecified atom stereocenters. The van der Waals surface area contributed by atoms with Crippen LogP contribution in [0.2, 0.25) is 0 Å². The van der Waals surface area contributed by atoms with Crippen molar-refractivity contribution in [3.8, 4) is 0 Å². The van der Waals surface area contributed by atoms with Gasteiger partial charge in [-0.05, 0) is 38.0 Å². The summed E-state index contributed by atoms with van der Waals surface area (Å²) in [6.07, 6.45) is 0.956. The van der Waals surface area contributed by atoms with Gasteiger partial charge in [-0.3, -0.25) is 14.5 Å². The number of carboxylic acid groups (broad SMARTS) is 1. The number of carbonyl (C=O) groups is 2. The number of rotatable bonds is 8. The zero-order chi connectivity index (χ0) is 15.8. The molecule has 0 radical (unpaired) electrons. The van der Waals surface area contributed by atoms with Gasteiger partial charge < -0.3 is 10.4 Å². The van der Waals surface area contributed by atoms with Gasteiger partial charge >= 0.3 is 5.97 Å². The Morgan fingerprint density at radius 1 is 1.33 bits per heavy atom. The molecule has 1 amide bonds. The van der Waals surface area contributed by atoms with Crippen molar-refractivity contribution >= 4 is 17.6 Å². The number of anilines is 1. The molecule has 0 aliphatic rings. The first-order valence-electron chi connectivity index (χ1n) is 7.27. The van der Waals surface area contributed by atoms with Gasteiger partial charge in [0.25, 0.3) is 0 Å². The van der Waals surface area contributed by atoms with Gasteiger partial charge in [-0.2, -0.15) is 0 Å². The summed E-state index contributed by atoms with van der Waals surface area (Å²) < 4.78 is 0. The number of aryl methyl sites for hydroxylation is 1. The van der Waals surface area contributed by atoms with Crippen LogP contribution >= 0.6 is 0 Å². The van der Waals surface area contributed by atoms with Crippen molar-refractivity contribution in [1.29, 1.82) is 0 Å². The maximum absolute atomic E-state index is 12.1. The quantitative estimate of drug-likeness (QED) is 0.772. The number of hydrogen-bond donors (Lipinski definition) is 2. The van der Waals surface area contributed by atoms with Crippen molar-refractivity contribution < 1.29 is 14.7 Å². The number of amides is 1. The molecule has 1 rings (SSSR count). The van der Waals surface area contributed by atoms with Crippen LogP contribution in [-0.4, -0.2) is 41.0 Å². The summed E-state index contributed by atoms with van der Waals surface area (Å²) in [7, 11) is 0. The molecule has 0 saturated carbocycles. The van der Waals surface area contributed by atoms with Gasteiger partial charge in [0.15, 0.2) is 0 Å². The van der Waals surface area contributed by atoms with Crippen molar-refractivity contribution in [3.05, 3.63) is 29.8 Å². The largest absolute Gasteiger partial charge is 0.481 e. The lowest BCUT2D eigenvalue weighted by molar-refractivity contribution is -0.137. The third-order valence-electron chi connectivity index (χ3n) is 3.31. The number of hydrogen-bond acceptors (Lipinski definition) is 3. The zero-order valence-corrected chi connectivity index (χ0v) is 12.9. The van der Waals surface area contributed by atoms with E-state index in [1.165, 1.54) is 5.56 Å². The monoisotopic (exact) mass is 292 g/mol. The smallest absolute Gasteiger partial charge is 0.304 e. The molecule has 0 aliphatic carbocycles. The summed E-state index contributed by atoms with van der Waals surface area (Å²) in [6.45, 7) is 6.53. The molecule has 5 nitrogen and oxygen atoms in total. The van der Waals surface area contributed by atoms with E-state index in [1.54, 1.807) is 0 Å². The number of nitrogens with one attached hydrogen (secondary N) is 1. The molecule has 1 aromatic carbocycles. The lowest BCUT2D eigenvalue weighted by Gasteiger charge is -2.25. The summed E-state index contributed by atoms with van der Waals surface area (Å²) in [6, 6.07) is 7.86. The minimum absolute atomic E-state index is 0.0385. The second-order valence-corrected chi connectivity index (χ2v) is 5.31. The summed E-state index contributed by atoms with van der Waals surface area (Å²) in [5.41, 5.74) is 1.95. The van der Waals surface area contributed by atoms with E-state index < -0.39 is 5.97 Å². The van der Waals surface area contributed by atoms with Crippen molar-refractivity contribution in [2.45, 2.75) is 39.7 Å². The van der Waals surface area contributed by atoms with Gasteiger partial charge in [-0.1, -0.05) is 19.1 Å². The third-order valence-corrected chi connectivity index (χ3v) is 3.31. The number of nitrogens with zero attached hydrogens (tertiary/aromatic N) is 1. The number of aliphatic carboxylic acids is 1. The standard InChI is InChI=1S/C16H24N2O3/c1-4-13-6-5-7-14(10-13)17-15(19)11-18(12(2)3)9-8-16(20)21/h5-7,10,12H,4,8-9,11H2,1-3H3,(H,17,19)(H,20,21). The molecule has 116 valence electrons. The molecule has 2 N–H and O–H groups in total. The topological polar surface area (TPSA) is 69.6 Å². The Morgan fingerprint density at radius 3 is 2.62 bits per heavy atom. The Kier molecular flexibility index (Phi) is 6.88. The molecule has 1 aromatic rings. The molecule has 21 heavy (non-hydrogen) atoms. The van der Waals surface area contributed by atoms with Crippen LogP contribution < -0.4 is 5.32 Å². The molecular weight excluding hydrogens is 268 g/mol. The summed E-state index contributed by atoms with van der Waals surface area (Å²) >= 11 is 0. The van der Waals surface area contributed by atoms with E-state index in [0.29, 0.717) is 6.54 Å². The average Bonchev–Trinajstić information content (AvgIpc) is 2.43. The minimum atomic E-state index is -0.850. The van der Waals surface area contributed by atoms with Crippen LogP contribution in [0.15, 0.2) is 24.3 Å². The van der Waals surface area contributed by atoms with Crippen LogP contribution in [0, 0.1) is 0 Å². The van der Waals surface area contributed by atoms with Crippen molar-refractivity contribution in [1.82, 2.24) is 4.90 Å². The van der Waals surface area contributed by atoms with E-state index in [4.69, 9.17) is 5.11 Å². The van der Waals surface area contributed by atoms with Crippen LogP contribution in [0.4, 0.5) is 5.69 Å². The molecule has 0 atom stereocenters. The Hall–Kier alpha value is -1.88. The third kappa shape index (κ3) is 6.40. The summed E-state index contributed by atoms with van der Waals surface area (Å²) in [5, 5.41) is 11.6. The van der Waals surface area contributed by atoms with E-state index >= 15 is 0 Å². The average molecular weight is 292 g/mol. The first-order valence-corrected chi connectivity index (χ1v) is 7.27. The highest BCUT2D eigenvalue weighted by molar-refractivity contribution is 5.92. The molecule has 0 aliphatic heterocycles. The Balaban J connectivity index is 2.58. The van der Waals surface area contributed by atoms with Crippen molar-refractivity contribution in [3.63, 3.8) is 0 Å². The molecular formula is C16H24N2O3. The van der Waals surface area contributed by atoms with Gasteiger partial charge in [0.2, 0.25) is 5.91 Å². The fourth-order valence-corrected chi connectivity index (χ4v) is 2.01.